The largest absolute Gasteiger partial charge is 0.361 e. The molecule has 180 valence electrons. The number of non-ortho nitro benzene ring substituents is 2. The Kier molecular flexibility index (Phi) is 6.42. The molecular formula is C26H20N4O6. The van der Waals surface area contributed by atoms with E-state index in [4.69, 9.17) is 0 Å². The fourth-order valence-corrected chi connectivity index (χ4v) is 3.92. The molecule has 4 aromatic rings. The number of nitro benzene ring substituents is 2. The third-order valence-electron chi connectivity index (χ3n) is 5.65. The van der Waals surface area contributed by atoms with E-state index in [-0.39, 0.29) is 22.9 Å². The SMILES string of the molecule is CC(=O)c1cc[nH]c1/C(c1ccc([N+](=O)[O-])cc1)=c1/cc(C(C)=O)/c(=C/c2ccc([N+](=O)[O-])cc2)[nH]1. The molecule has 0 atom stereocenters. The van der Waals surface area contributed by atoms with Gasteiger partial charge in [0.25, 0.3) is 11.4 Å². The number of aromatic amines is 2. The fraction of sp³-hybridized carbons (Fsp3) is 0.0769. The zero-order valence-electron chi connectivity index (χ0n) is 19.3. The van der Waals surface area contributed by atoms with Crippen LogP contribution in [-0.2, 0) is 0 Å². The molecule has 0 amide bonds. The molecule has 0 unspecified atom stereocenters. The summed E-state index contributed by atoms with van der Waals surface area (Å²) in [4.78, 5) is 52.2. The van der Waals surface area contributed by atoms with Crippen molar-refractivity contribution in [1.29, 1.82) is 0 Å². The third kappa shape index (κ3) is 4.73. The van der Waals surface area contributed by atoms with Crippen LogP contribution in [0, 0.1) is 20.2 Å². The summed E-state index contributed by atoms with van der Waals surface area (Å²) in [5, 5.41) is 23.1. The molecule has 0 aliphatic carbocycles. The van der Waals surface area contributed by atoms with Gasteiger partial charge in [0.2, 0.25) is 0 Å². The topological polar surface area (TPSA) is 152 Å². The monoisotopic (exact) mass is 484 g/mol. The molecule has 0 radical (unpaired) electrons. The molecule has 10 nitrogen and oxygen atoms in total. The highest BCUT2D eigenvalue weighted by molar-refractivity contribution is 6.00. The summed E-state index contributed by atoms with van der Waals surface area (Å²) in [5.41, 5.74) is 2.92. The van der Waals surface area contributed by atoms with Crippen molar-refractivity contribution in [2.75, 3.05) is 0 Å². The molecule has 2 N–H and O–H groups in total. The number of carbonyl (C=O) groups excluding carboxylic acids is 2. The Morgan fingerprint density at radius 2 is 1.36 bits per heavy atom. The molecule has 10 heteroatoms. The predicted molar refractivity (Wildman–Crippen MR) is 132 cm³/mol. The maximum absolute atomic E-state index is 12.5. The molecule has 0 aliphatic heterocycles. The first kappa shape index (κ1) is 24.0. The molecule has 2 aromatic heterocycles. The van der Waals surface area contributed by atoms with E-state index < -0.39 is 9.85 Å². The average Bonchev–Trinajstić information content (AvgIpc) is 3.48. The average molecular weight is 484 g/mol. The van der Waals surface area contributed by atoms with Crippen molar-refractivity contribution in [3.8, 4) is 0 Å². The Hall–Kier alpha value is -5.12. The second-order valence-corrected chi connectivity index (χ2v) is 8.06. The Morgan fingerprint density at radius 3 is 1.89 bits per heavy atom. The van der Waals surface area contributed by atoms with E-state index in [0.29, 0.717) is 44.2 Å². The second-order valence-electron chi connectivity index (χ2n) is 8.06. The number of aromatic nitrogens is 2. The van der Waals surface area contributed by atoms with Gasteiger partial charge in [-0.25, -0.2) is 0 Å². The smallest absolute Gasteiger partial charge is 0.269 e. The van der Waals surface area contributed by atoms with E-state index in [1.807, 2.05) is 0 Å². The van der Waals surface area contributed by atoms with Gasteiger partial charge in [-0.2, -0.15) is 0 Å². The van der Waals surface area contributed by atoms with Crippen LogP contribution in [0.1, 0.15) is 51.4 Å². The number of nitrogens with one attached hydrogen (secondary N) is 2. The first-order valence-corrected chi connectivity index (χ1v) is 10.8. The highest BCUT2D eigenvalue weighted by Crippen LogP contribution is 2.25. The van der Waals surface area contributed by atoms with Gasteiger partial charge < -0.3 is 9.97 Å². The first-order chi connectivity index (χ1) is 17.2. The maximum Gasteiger partial charge on any atom is 0.269 e. The maximum atomic E-state index is 12.5. The Morgan fingerprint density at radius 1 is 0.806 bits per heavy atom. The van der Waals surface area contributed by atoms with Crippen molar-refractivity contribution >= 4 is 34.6 Å². The molecule has 0 saturated carbocycles. The number of carbonyl (C=O) groups is 2. The van der Waals surface area contributed by atoms with Crippen LogP contribution in [0.2, 0.25) is 0 Å². The van der Waals surface area contributed by atoms with E-state index in [0.717, 1.165) is 0 Å². The number of hydrogen-bond acceptors (Lipinski definition) is 6. The van der Waals surface area contributed by atoms with Crippen molar-refractivity contribution in [3.63, 3.8) is 0 Å². The van der Waals surface area contributed by atoms with Crippen LogP contribution in [0.15, 0.2) is 66.9 Å². The van der Waals surface area contributed by atoms with Crippen molar-refractivity contribution in [3.05, 3.63) is 126 Å². The van der Waals surface area contributed by atoms with Gasteiger partial charge in [0.05, 0.1) is 20.9 Å². The van der Waals surface area contributed by atoms with E-state index >= 15 is 0 Å². The lowest BCUT2D eigenvalue weighted by molar-refractivity contribution is -0.385. The summed E-state index contributed by atoms with van der Waals surface area (Å²) in [6.07, 6.45) is 3.31. The van der Waals surface area contributed by atoms with Crippen LogP contribution in [0.4, 0.5) is 11.4 Å². The molecule has 0 aliphatic rings. The molecule has 2 aromatic carbocycles. The van der Waals surface area contributed by atoms with Crippen LogP contribution >= 0.6 is 0 Å². The van der Waals surface area contributed by atoms with Gasteiger partial charge in [-0.3, -0.25) is 29.8 Å². The van der Waals surface area contributed by atoms with Crippen molar-refractivity contribution in [2.24, 2.45) is 0 Å². The lowest BCUT2D eigenvalue weighted by Gasteiger charge is -2.08. The van der Waals surface area contributed by atoms with Gasteiger partial charge in [0.15, 0.2) is 11.6 Å². The molecule has 0 bridgehead atoms. The third-order valence-corrected chi connectivity index (χ3v) is 5.65. The number of benzene rings is 2. The molecule has 0 saturated heterocycles. The molecule has 4 rings (SSSR count). The Balaban J connectivity index is 2.01. The van der Waals surface area contributed by atoms with E-state index in [1.54, 1.807) is 48.7 Å². The van der Waals surface area contributed by atoms with Gasteiger partial charge in [-0.1, -0.05) is 0 Å². The quantitative estimate of drug-likeness (QED) is 0.232. The molecular weight excluding hydrogens is 464 g/mol. The number of rotatable bonds is 7. The van der Waals surface area contributed by atoms with Crippen LogP contribution in [0.5, 0.6) is 0 Å². The Bertz CT molecular complexity index is 1630. The summed E-state index contributed by atoms with van der Waals surface area (Å²) in [7, 11) is 0. The van der Waals surface area contributed by atoms with E-state index in [2.05, 4.69) is 9.97 Å². The molecule has 36 heavy (non-hydrogen) atoms. The number of ketones is 2. The fourth-order valence-electron chi connectivity index (χ4n) is 3.92. The number of nitro groups is 2. The molecule has 2 heterocycles. The summed E-state index contributed by atoms with van der Waals surface area (Å²) >= 11 is 0. The van der Waals surface area contributed by atoms with E-state index in [1.165, 1.54) is 38.1 Å². The zero-order valence-corrected chi connectivity index (χ0v) is 19.3. The lowest BCUT2D eigenvalue weighted by atomic mass is 9.98. The zero-order chi connectivity index (χ0) is 26.0. The molecule has 0 spiro atoms. The molecule has 0 fully saturated rings. The van der Waals surface area contributed by atoms with Crippen LogP contribution < -0.4 is 10.7 Å². The number of hydrogen-bond donors (Lipinski definition) is 2. The first-order valence-electron chi connectivity index (χ1n) is 10.8. The summed E-state index contributed by atoms with van der Waals surface area (Å²) < 4.78 is 0. The minimum Gasteiger partial charge on any atom is -0.361 e. The summed E-state index contributed by atoms with van der Waals surface area (Å²) in [6.45, 7) is 2.85. The highest BCUT2D eigenvalue weighted by Gasteiger charge is 2.18. The van der Waals surface area contributed by atoms with E-state index in [9.17, 15) is 29.8 Å². The standard InChI is InChI=1S/C26H20N4O6/c1-15(31)21-11-12-27-26(21)25(18-5-9-20(10-6-18)30(35)36)24-14-22(16(2)32)23(28-24)13-17-3-7-19(8-4-17)29(33)34/h3-14,27-28H,1-2H3/b23-13-,25-24-. The van der Waals surface area contributed by atoms with Gasteiger partial charge in [0.1, 0.15) is 0 Å². The predicted octanol–water partition coefficient (Wildman–Crippen LogP) is 3.64. The van der Waals surface area contributed by atoms with Gasteiger partial charge in [0, 0.05) is 52.5 Å². The van der Waals surface area contributed by atoms with Crippen LogP contribution in [0.3, 0.4) is 0 Å². The lowest BCUT2D eigenvalue weighted by Crippen LogP contribution is -2.17. The number of Topliss-reactive ketones (excluding diaryl/α,β-unsaturated/α-hetero) is 2. The summed E-state index contributed by atoms with van der Waals surface area (Å²) in [5.74, 6) is -0.395. The van der Waals surface area contributed by atoms with Gasteiger partial charge in [-0.15, -0.1) is 0 Å². The minimum atomic E-state index is -0.501. The number of H-pyrrole nitrogens is 2. The van der Waals surface area contributed by atoms with Crippen LogP contribution in [-0.4, -0.2) is 31.4 Å². The minimum absolute atomic E-state index is 0.0524. The van der Waals surface area contributed by atoms with Crippen molar-refractivity contribution in [1.82, 2.24) is 9.97 Å². The highest BCUT2D eigenvalue weighted by atomic mass is 16.6. The van der Waals surface area contributed by atoms with Crippen molar-refractivity contribution < 1.29 is 19.4 Å². The normalized spacial score (nSPS) is 12.3. The summed E-state index contributed by atoms with van der Waals surface area (Å²) in [6, 6.07) is 15.1. The van der Waals surface area contributed by atoms with Gasteiger partial charge in [-0.05, 0) is 67.4 Å². The van der Waals surface area contributed by atoms with Crippen molar-refractivity contribution in [2.45, 2.75) is 13.8 Å². The number of nitrogens with zero attached hydrogens (tertiary/aromatic N) is 2. The van der Waals surface area contributed by atoms with Crippen LogP contribution in [0.25, 0.3) is 11.6 Å². The second kappa shape index (κ2) is 9.63. The Labute approximate surface area is 203 Å². The van der Waals surface area contributed by atoms with Gasteiger partial charge >= 0.3 is 0 Å².